The highest BCUT2D eigenvalue weighted by Gasteiger charge is 2.19. The van der Waals surface area contributed by atoms with Gasteiger partial charge in [-0.15, -0.1) is 10.2 Å². The lowest BCUT2D eigenvalue weighted by Crippen LogP contribution is -2.18. The Hall–Kier alpha value is -3.99. The molecule has 0 unspecified atom stereocenters. The Morgan fingerprint density at radius 3 is 2.75 bits per heavy atom. The van der Waals surface area contributed by atoms with Crippen LogP contribution in [0.15, 0.2) is 48.5 Å². The average molecular weight is 371 g/mol. The predicted molar refractivity (Wildman–Crippen MR) is 105 cm³/mol. The van der Waals surface area contributed by atoms with Crippen molar-refractivity contribution in [3.63, 3.8) is 0 Å². The molecule has 2 N–H and O–H groups in total. The number of para-hydroxylation sites is 1. The number of hydrogen-bond acceptors (Lipinski definition) is 5. The molecule has 2 heterocycles. The second-order valence-corrected chi connectivity index (χ2v) is 6.61. The van der Waals surface area contributed by atoms with E-state index in [1.165, 1.54) is 0 Å². The van der Waals surface area contributed by atoms with Gasteiger partial charge in [-0.2, -0.15) is 10.5 Å². The minimum atomic E-state index is -0.251. The quantitative estimate of drug-likeness (QED) is 0.570. The summed E-state index contributed by atoms with van der Waals surface area (Å²) < 4.78 is 2.00. The van der Waals surface area contributed by atoms with Crippen molar-refractivity contribution in [3.05, 3.63) is 59.8 Å². The van der Waals surface area contributed by atoms with Crippen LogP contribution in [0.4, 0.5) is 5.69 Å². The Balaban J connectivity index is 1.77. The van der Waals surface area contributed by atoms with Crippen molar-refractivity contribution >= 4 is 22.5 Å². The lowest BCUT2D eigenvalue weighted by Gasteiger charge is -2.15. The number of nitriles is 1. The average Bonchev–Trinajstić information content (AvgIpc) is 3.36. The SMILES string of the molecule is CC(C)n1c(C(=O)Nc2ccc(C#N)cc2-c2nn[nH]n2)cc2ccccc21. The molecule has 0 aliphatic heterocycles. The highest BCUT2D eigenvalue weighted by atomic mass is 16.2. The first-order valence-electron chi connectivity index (χ1n) is 8.78. The molecule has 0 spiro atoms. The van der Waals surface area contributed by atoms with Gasteiger partial charge >= 0.3 is 0 Å². The molecule has 0 aliphatic rings. The number of anilines is 1. The van der Waals surface area contributed by atoms with Gasteiger partial charge in [-0.1, -0.05) is 18.2 Å². The van der Waals surface area contributed by atoms with Crippen LogP contribution in [0.5, 0.6) is 0 Å². The van der Waals surface area contributed by atoms with E-state index in [1.54, 1.807) is 18.2 Å². The predicted octanol–water partition coefficient (Wildman–Crippen LogP) is 3.53. The van der Waals surface area contributed by atoms with Gasteiger partial charge in [0.2, 0.25) is 5.82 Å². The monoisotopic (exact) mass is 371 g/mol. The summed E-state index contributed by atoms with van der Waals surface area (Å²) in [5, 5.41) is 27.0. The molecule has 4 rings (SSSR count). The van der Waals surface area contributed by atoms with Gasteiger partial charge in [-0.25, -0.2) is 0 Å². The fourth-order valence-corrected chi connectivity index (χ4v) is 3.28. The molecule has 8 heteroatoms. The first kappa shape index (κ1) is 17.4. The van der Waals surface area contributed by atoms with Gasteiger partial charge < -0.3 is 9.88 Å². The van der Waals surface area contributed by atoms with Crippen molar-refractivity contribution in [1.82, 2.24) is 25.2 Å². The van der Waals surface area contributed by atoms with Gasteiger partial charge in [0.15, 0.2) is 0 Å². The van der Waals surface area contributed by atoms with Crippen molar-refractivity contribution in [1.29, 1.82) is 5.26 Å². The summed E-state index contributed by atoms with van der Waals surface area (Å²) in [5.74, 6) is 0.0520. The number of carbonyl (C=O) groups is 1. The van der Waals surface area contributed by atoms with Crippen molar-refractivity contribution in [2.45, 2.75) is 19.9 Å². The summed E-state index contributed by atoms with van der Waals surface area (Å²) >= 11 is 0. The van der Waals surface area contributed by atoms with E-state index >= 15 is 0 Å². The first-order chi connectivity index (χ1) is 13.6. The maximum atomic E-state index is 13.1. The van der Waals surface area contributed by atoms with Crippen molar-refractivity contribution in [2.75, 3.05) is 5.32 Å². The maximum Gasteiger partial charge on any atom is 0.272 e. The molecule has 2 aromatic carbocycles. The number of carbonyl (C=O) groups excluding carboxylic acids is 1. The van der Waals surface area contributed by atoms with Gasteiger partial charge in [0.05, 0.1) is 17.3 Å². The van der Waals surface area contributed by atoms with E-state index < -0.39 is 0 Å². The summed E-state index contributed by atoms with van der Waals surface area (Å²) in [6, 6.07) is 16.9. The molecule has 0 fully saturated rings. The second-order valence-electron chi connectivity index (χ2n) is 6.61. The van der Waals surface area contributed by atoms with Crippen molar-refractivity contribution < 1.29 is 4.79 Å². The van der Waals surface area contributed by atoms with Crippen LogP contribution < -0.4 is 5.32 Å². The number of nitrogens with zero attached hydrogens (tertiary/aromatic N) is 5. The summed E-state index contributed by atoms with van der Waals surface area (Å²) in [6.45, 7) is 4.07. The number of nitrogens with one attached hydrogen (secondary N) is 2. The number of aromatic nitrogens is 5. The van der Waals surface area contributed by atoms with E-state index in [1.807, 2.05) is 48.7 Å². The van der Waals surface area contributed by atoms with Gasteiger partial charge in [-0.3, -0.25) is 4.79 Å². The van der Waals surface area contributed by atoms with E-state index in [0.717, 1.165) is 10.9 Å². The number of benzene rings is 2. The van der Waals surface area contributed by atoms with Gasteiger partial charge in [0.1, 0.15) is 5.69 Å². The van der Waals surface area contributed by atoms with E-state index in [9.17, 15) is 10.1 Å². The molecule has 0 bridgehead atoms. The molecule has 0 aliphatic carbocycles. The Labute approximate surface area is 160 Å². The Kier molecular flexibility index (Phi) is 4.33. The zero-order chi connectivity index (χ0) is 19.7. The smallest absolute Gasteiger partial charge is 0.272 e. The molecule has 138 valence electrons. The molecule has 4 aromatic rings. The largest absolute Gasteiger partial charge is 0.334 e. The fourth-order valence-electron chi connectivity index (χ4n) is 3.28. The van der Waals surface area contributed by atoms with E-state index in [4.69, 9.17) is 0 Å². The van der Waals surface area contributed by atoms with Crippen LogP contribution in [0.2, 0.25) is 0 Å². The standard InChI is InChI=1S/C20H17N7O/c1-12(2)27-17-6-4-3-5-14(17)10-18(27)20(28)22-16-8-7-13(11-21)9-15(16)19-23-25-26-24-19/h3-10,12H,1-2H3,(H,22,28)(H,23,24,25,26). The highest BCUT2D eigenvalue weighted by molar-refractivity contribution is 6.08. The van der Waals surface area contributed by atoms with Crippen LogP contribution in [-0.2, 0) is 0 Å². The normalized spacial score (nSPS) is 10.9. The van der Waals surface area contributed by atoms with E-state index in [0.29, 0.717) is 28.3 Å². The summed E-state index contributed by atoms with van der Waals surface area (Å²) in [7, 11) is 0. The summed E-state index contributed by atoms with van der Waals surface area (Å²) in [5.41, 5.74) is 3.02. The zero-order valence-corrected chi connectivity index (χ0v) is 15.3. The Bertz CT molecular complexity index is 1200. The summed E-state index contributed by atoms with van der Waals surface area (Å²) in [6.07, 6.45) is 0. The van der Waals surface area contributed by atoms with Crippen LogP contribution in [0, 0.1) is 11.3 Å². The molecular weight excluding hydrogens is 354 g/mol. The van der Waals surface area contributed by atoms with E-state index in [2.05, 4.69) is 32.0 Å². The van der Waals surface area contributed by atoms with Crippen LogP contribution in [-0.4, -0.2) is 31.1 Å². The summed E-state index contributed by atoms with van der Waals surface area (Å²) in [4.78, 5) is 13.1. The molecule has 8 nitrogen and oxygen atoms in total. The molecule has 0 radical (unpaired) electrons. The van der Waals surface area contributed by atoms with Crippen molar-refractivity contribution in [3.8, 4) is 17.5 Å². The number of hydrogen-bond donors (Lipinski definition) is 2. The molecule has 2 aromatic heterocycles. The number of aromatic amines is 1. The number of H-pyrrole nitrogens is 1. The minimum absolute atomic E-state index is 0.110. The molecule has 1 amide bonds. The lowest BCUT2D eigenvalue weighted by atomic mass is 10.1. The van der Waals surface area contributed by atoms with Crippen LogP contribution in [0.25, 0.3) is 22.3 Å². The molecule has 0 saturated heterocycles. The first-order valence-corrected chi connectivity index (χ1v) is 8.78. The third-order valence-corrected chi connectivity index (χ3v) is 4.48. The Morgan fingerprint density at radius 2 is 2.04 bits per heavy atom. The zero-order valence-electron chi connectivity index (χ0n) is 15.3. The van der Waals surface area contributed by atoms with E-state index in [-0.39, 0.29) is 11.9 Å². The molecule has 0 saturated carbocycles. The Morgan fingerprint density at radius 1 is 1.21 bits per heavy atom. The van der Waals surface area contributed by atoms with Crippen LogP contribution >= 0.6 is 0 Å². The second kappa shape index (κ2) is 6.96. The van der Waals surface area contributed by atoms with Crippen LogP contribution in [0.1, 0.15) is 35.9 Å². The van der Waals surface area contributed by atoms with Crippen LogP contribution in [0.3, 0.4) is 0 Å². The van der Waals surface area contributed by atoms with Gasteiger partial charge in [0, 0.05) is 22.5 Å². The minimum Gasteiger partial charge on any atom is -0.334 e. The number of amides is 1. The van der Waals surface area contributed by atoms with Gasteiger partial charge in [-0.05, 0) is 49.4 Å². The maximum absolute atomic E-state index is 13.1. The molecular formula is C20H17N7O. The highest BCUT2D eigenvalue weighted by Crippen LogP contribution is 2.28. The molecule has 0 atom stereocenters. The third kappa shape index (κ3) is 2.99. The number of tetrazole rings is 1. The van der Waals surface area contributed by atoms with Crippen molar-refractivity contribution in [2.24, 2.45) is 0 Å². The fraction of sp³-hybridized carbons (Fsp3) is 0.150. The number of rotatable bonds is 4. The lowest BCUT2D eigenvalue weighted by molar-refractivity contribution is 0.101. The topological polar surface area (TPSA) is 112 Å². The third-order valence-electron chi connectivity index (χ3n) is 4.48. The number of fused-ring (bicyclic) bond motifs is 1. The van der Waals surface area contributed by atoms with Gasteiger partial charge in [0.25, 0.3) is 5.91 Å². The molecule has 28 heavy (non-hydrogen) atoms.